The molecule has 0 heterocycles. The van der Waals surface area contributed by atoms with Crippen LogP contribution in [0.5, 0.6) is 0 Å². The van der Waals surface area contributed by atoms with Crippen LogP contribution in [-0.2, 0) is 0 Å². The van der Waals surface area contributed by atoms with Gasteiger partial charge in [0.15, 0.2) is 0 Å². The minimum Gasteiger partial charge on any atom is -0.143 e. The number of benzene rings is 2. The predicted octanol–water partition coefficient (Wildman–Crippen LogP) is 4.57. The van der Waals surface area contributed by atoms with Gasteiger partial charge in [-0.15, -0.1) is 12.6 Å². The Kier molecular flexibility index (Phi) is 3.06. The first-order valence-corrected chi connectivity index (χ1v) is 5.90. The molecule has 2 aromatic carbocycles. The lowest BCUT2D eigenvalue weighted by molar-refractivity contribution is 1.24. The lowest BCUT2D eigenvalue weighted by Gasteiger charge is -2.11. The molecule has 0 aliphatic heterocycles. The molecular formula is C15H16S. The minimum absolute atomic E-state index is 1.06. The third kappa shape index (κ3) is 2.00. The fourth-order valence-electron chi connectivity index (χ4n) is 1.85. The summed E-state index contributed by atoms with van der Waals surface area (Å²) in [6, 6.07) is 12.9. The highest BCUT2D eigenvalue weighted by molar-refractivity contribution is 7.80. The third-order valence-electron chi connectivity index (χ3n) is 3.12. The number of hydrogen-bond donors (Lipinski definition) is 1. The van der Waals surface area contributed by atoms with Crippen molar-refractivity contribution >= 4 is 12.6 Å². The molecule has 0 fully saturated rings. The normalized spacial score (nSPS) is 10.5. The zero-order valence-corrected chi connectivity index (χ0v) is 10.8. The fraction of sp³-hybridized carbons (Fsp3) is 0.200. The molecule has 0 bridgehead atoms. The molecule has 1 heteroatoms. The topological polar surface area (TPSA) is 0 Å². The molecule has 0 saturated carbocycles. The zero-order chi connectivity index (χ0) is 11.7. The smallest absolute Gasteiger partial charge is 0.00723 e. The lowest BCUT2D eigenvalue weighted by Crippen LogP contribution is -1.89. The summed E-state index contributed by atoms with van der Waals surface area (Å²) in [5, 5.41) is 0. The summed E-state index contributed by atoms with van der Waals surface area (Å²) in [4.78, 5) is 1.06. The second-order valence-electron chi connectivity index (χ2n) is 4.25. The SMILES string of the molecule is Cc1ccc(-c2ccc(S)c(C)c2C)cc1. The maximum absolute atomic E-state index is 4.44. The Balaban J connectivity index is 2.57. The quantitative estimate of drug-likeness (QED) is 0.679. The Morgan fingerprint density at radius 2 is 1.38 bits per heavy atom. The van der Waals surface area contributed by atoms with Gasteiger partial charge in [-0.25, -0.2) is 0 Å². The van der Waals surface area contributed by atoms with Gasteiger partial charge in [0.2, 0.25) is 0 Å². The zero-order valence-electron chi connectivity index (χ0n) is 9.91. The van der Waals surface area contributed by atoms with Crippen LogP contribution in [0.25, 0.3) is 11.1 Å². The second-order valence-corrected chi connectivity index (χ2v) is 4.73. The first kappa shape index (κ1) is 11.3. The molecule has 0 aliphatic carbocycles. The molecule has 0 aliphatic rings. The summed E-state index contributed by atoms with van der Waals surface area (Å²) in [5.74, 6) is 0. The molecule has 0 saturated heterocycles. The maximum atomic E-state index is 4.44. The highest BCUT2D eigenvalue weighted by Gasteiger charge is 2.05. The molecule has 0 amide bonds. The van der Waals surface area contributed by atoms with Gasteiger partial charge >= 0.3 is 0 Å². The van der Waals surface area contributed by atoms with E-state index in [9.17, 15) is 0 Å². The van der Waals surface area contributed by atoms with Crippen molar-refractivity contribution in [2.75, 3.05) is 0 Å². The molecule has 0 spiro atoms. The van der Waals surface area contributed by atoms with E-state index in [1.165, 1.54) is 27.8 Å². The molecule has 0 unspecified atom stereocenters. The van der Waals surface area contributed by atoms with E-state index >= 15 is 0 Å². The third-order valence-corrected chi connectivity index (χ3v) is 3.61. The lowest BCUT2D eigenvalue weighted by atomic mass is 9.96. The van der Waals surface area contributed by atoms with Crippen molar-refractivity contribution in [2.24, 2.45) is 0 Å². The summed E-state index contributed by atoms with van der Waals surface area (Å²) >= 11 is 4.44. The molecule has 0 nitrogen and oxygen atoms in total. The second kappa shape index (κ2) is 4.34. The van der Waals surface area contributed by atoms with E-state index in [-0.39, 0.29) is 0 Å². The number of hydrogen-bond acceptors (Lipinski definition) is 1. The Morgan fingerprint density at radius 1 is 0.750 bits per heavy atom. The van der Waals surface area contributed by atoms with Gasteiger partial charge in [0.25, 0.3) is 0 Å². The maximum Gasteiger partial charge on any atom is 0.00723 e. The largest absolute Gasteiger partial charge is 0.143 e. The van der Waals surface area contributed by atoms with Crippen LogP contribution in [0.15, 0.2) is 41.3 Å². The first-order chi connectivity index (χ1) is 7.59. The highest BCUT2D eigenvalue weighted by atomic mass is 32.1. The molecule has 82 valence electrons. The van der Waals surface area contributed by atoms with Crippen molar-refractivity contribution in [3.63, 3.8) is 0 Å². The van der Waals surface area contributed by atoms with Crippen molar-refractivity contribution in [3.8, 4) is 11.1 Å². The van der Waals surface area contributed by atoms with Gasteiger partial charge < -0.3 is 0 Å². The summed E-state index contributed by atoms with van der Waals surface area (Å²) in [6.07, 6.45) is 0. The van der Waals surface area contributed by atoms with Crippen molar-refractivity contribution in [1.82, 2.24) is 0 Å². The van der Waals surface area contributed by atoms with Crippen LogP contribution in [0.2, 0.25) is 0 Å². The van der Waals surface area contributed by atoms with Gasteiger partial charge in [-0.1, -0.05) is 35.9 Å². The molecule has 0 N–H and O–H groups in total. The minimum atomic E-state index is 1.06. The molecule has 0 radical (unpaired) electrons. The van der Waals surface area contributed by atoms with Crippen molar-refractivity contribution in [1.29, 1.82) is 0 Å². The molecule has 16 heavy (non-hydrogen) atoms. The number of thiol groups is 1. The van der Waals surface area contributed by atoms with E-state index in [4.69, 9.17) is 0 Å². The van der Waals surface area contributed by atoms with Crippen LogP contribution in [0.4, 0.5) is 0 Å². The van der Waals surface area contributed by atoms with Crippen molar-refractivity contribution in [3.05, 3.63) is 53.1 Å². The Bertz CT molecular complexity index is 510. The van der Waals surface area contributed by atoms with Gasteiger partial charge in [0.05, 0.1) is 0 Å². The van der Waals surface area contributed by atoms with Gasteiger partial charge in [0.1, 0.15) is 0 Å². The number of rotatable bonds is 1. The van der Waals surface area contributed by atoms with E-state index in [1.54, 1.807) is 0 Å². The van der Waals surface area contributed by atoms with Gasteiger partial charge in [-0.2, -0.15) is 0 Å². The predicted molar refractivity (Wildman–Crippen MR) is 73.3 cm³/mol. The average molecular weight is 228 g/mol. The monoisotopic (exact) mass is 228 g/mol. The van der Waals surface area contributed by atoms with Crippen molar-refractivity contribution < 1.29 is 0 Å². The summed E-state index contributed by atoms with van der Waals surface area (Å²) in [5.41, 5.74) is 6.46. The molecule has 0 aromatic heterocycles. The van der Waals surface area contributed by atoms with E-state index in [0.717, 1.165) is 4.90 Å². The Labute approximate surface area is 103 Å². The standard InChI is InChI=1S/C15H16S/c1-10-4-6-13(7-5-10)14-8-9-15(16)12(3)11(14)2/h4-9,16H,1-3H3. The van der Waals surface area contributed by atoms with Gasteiger partial charge in [0, 0.05) is 4.90 Å². The highest BCUT2D eigenvalue weighted by Crippen LogP contribution is 2.28. The first-order valence-electron chi connectivity index (χ1n) is 5.46. The fourth-order valence-corrected chi connectivity index (χ4v) is 2.09. The van der Waals surface area contributed by atoms with Crippen LogP contribution < -0.4 is 0 Å². The summed E-state index contributed by atoms with van der Waals surface area (Å²) in [6.45, 7) is 6.39. The van der Waals surface area contributed by atoms with Crippen LogP contribution in [0, 0.1) is 20.8 Å². The van der Waals surface area contributed by atoms with E-state index in [2.05, 4.69) is 69.8 Å². The van der Waals surface area contributed by atoms with Crippen LogP contribution in [0.1, 0.15) is 16.7 Å². The molecular weight excluding hydrogens is 212 g/mol. The van der Waals surface area contributed by atoms with Gasteiger partial charge in [-0.3, -0.25) is 0 Å². The molecule has 2 aromatic rings. The van der Waals surface area contributed by atoms with Gasteiger partial charge in [-0.05, 0) is 49.1 Å². The Hall–Kier alpha value is -1.21. The van der Waals surface area contributed by atoms with E-state index < -0.39 is 0 Å². The average Bonchev–Trinajstić information content (AvgIpc) is 2.28. The molecule has 0 atom stereocenters. The Morgan fingerprint density at radius 3 is 2.00 bits per heavy atom. The van der Waals surface area contributed by atoms with E-state index in [0.29, 0.717) is 0 Å². The number of aryl methyl sites for hydroxylation is 1. The van der Waals surface area contributed by atoms with Crippen molar-refractivity contribution in [2.45, 2.75) is 25.7 Å². The summed E-state index contributed by atoms with van der Waals surface area (Å²) < 4.78 is 0. The molecule has 2 rings (SSSR count). The van der Waals surface area contributed by atoms with Crippen LogP contribution >= 0.6 is 12.6 Å². The van der Waals surface area contributed by atoms with Crippen LogP contribution in [0.3, 0.4) is 0 Å². The summed E-state index contributed by atoms with van der Waals surface area (Å²) in [7, 11) is 0. The van der Waals surface area contributed by atoms with E-state index in [1.807, 2.05) is 0 Å². The van der Waals surface area contributed by atoms with Crippen LogP contribution in [-0.4, -0.2) is 0 Å².